The predicted molar refractivity (Wildman–Crippen MR) is 52.2 cm³/mol. The van der Waals surface area contributed by atoms with Crippen LogP contribution in [0.1, 0.15) is 0 Å². The molecule has 0 atom stereocenters. The largest absolute Gasteiger partial charge is 0.480 e. The number of hydrogen-bond donors (Lipinski definition) is 0. The van der Waals surface area contributed by atoms with Crippen molar-refractivity contribution in [1.82, 2.24) is 0 Å². The Kier molecular flexibility index (Phi) is 3.75. The topological polar surface area (TPSA) is 33.0 Å². The summed E-state index contributed by atoms with van der Waals surface area (Å²) < 4.78 is 5.23. The van der Waals surface area contributed by atoms with Gasteiger partial charge in [-0.25, -0.2) is 0 Å². The van der Waals surface area contributed by atoms with Crippen LogP contribution in [0.15, 0.2) is 29.2 Å². The Morgan fingerprint density at radius 3 is 2.92 bits per heavy atom. The highest BCUT2D eigenvalue weighted by Gasteiger charge is 2.01. The fraction of sp³-hybridized carbons (Fsp3) is 0.100. The number of nitriles is 1. The molecule has 64 valence electrons. The smallest absolute Gasteiger partial charge is 0.148 e. The maximum atomic E-state index is 8.49. The predicted octanol–water partition coefficient (Wildman–Crippen LogP) is 2.27. The molecule has 1 aromatic rings. The summed E-state index contributed by atoms with van der Waals surface area (Å²) in [5, 5.41) is 10.5. The monoisotopic (exact) mass is 189 g/mol. The quantitative estimate of drug-likeness (QED) is 0.415. The van der Waals surface area contributed by atoms with Crippen LogP contribution in [-0.4, -0.2) is 6.61 Å². The van der Waals surface area contributed by atoms with Gasteiger partial charge in [0.25, 0.3) is 0 Å². The molecule has 0 N–H and O–H groups in total. The van der Waals surface area contributed by atoms with Crippen LogP contribution < -0.4 is 4.74 Å². The molecule has 0 saturated heterocycles. The second kappa shape index (κ2) is 5.13. The third-order valence-corrected chi connectivity index (χ3v) is 1.96. The van der Waals surface area contributed by atoms with E-state index in [0.717, 1.165) is 16.7 Å². The van der Waals surface area contributed by atoms with Crippen molar-refractivity contribution in [3.8, 4) is 23.5 Å². The van der Waals surface area contributed by atoms with Gasteiger partial charge in [0.15, 0.2) is 0 Å². The minimum atomic E-state index is 0.225. The van der Waals surface area contributed by atoms with Gasteiger partial charge in [-0.15, -0.1) is 6.42 Å². The maximum Gasteiger partial charge on any atom is 0.148 e. The van der Waals surface area contributed by atoms with E-state index in [9.17, 15) is 0 Å². The summed E-state index contributed by atoms with van der Waals surface area (Å²) in [6.07, 6.45) is 5.05. The van der Waals surface area contributed by atoms with Gasteiger partial charge in [-0.3, -0.25) is 0 Å². The molecule has 13 heavy (non-hydrogen) atoms. The number of thioether (sulfide) groups is 1. The van der Waals surface area contributed by atoms with Gasteiger partial charge in [-0.2, -0.15) is 5.26 Å². The summed E-state index contributed by atoms with van der Waals surface area (Å²) in [4.78, 5) is 0.792. The van der Waals surface area contributed by atoms with E-state index in [4.69, 9.17) is 16.4 Å². The molecule has 0 heterocycles. The van der Waals surface area contributed by atoms with Crippen LogP contribution in [0, 0.1) is 23.0 Å². The van der Waals surface area contributed by atoms with E-state index in [1.807, 2.05) is 23.6 Å². The molecule has 0 aromatic heterocycles. The van der Waals surface area contributed by atoms with E-state index in [-0.39, 0.29) is 6.61 Å². The van der Waals surface area contributed by atoms with Crippen LogP contribution in [0.25, 0.3) is 0 Å². The third kappa shape index (κ3) is 2.74. The standard InChI is InChI=1S/C10H7NOS/c1-2-7-12-9-5-3-4-6-10(9)13-8-11/h1,3-6H,7H2. The Bertz CT molecular complexity index is 362. The molecular formula is C10H7NOS. The summed E-state index contributed by atoms with van der Waals surface area (Å²) in [7, 11) is 0. The summed E-state index contributed by atoms with van der Waals surface area (Å²) in [5.41, 5.74) is 0. The zero-order chi connectivity index (χ0) is 9.52. The molecule has 0 amide bonds. The second-order valence-corrected chi connectivity index (χ2v) is 2.96. The van der Waals surface area contributed by atoms with Crippen molar-refractivity contribution in [3.05, 3.63) is 24.3 Å². The first-order valence-electron chi connectivity index (χ1n) is 3.59. The van der Waals surface area contributed by atoms with Gasteiger partial charge in [0.2, 0.25) is 0 Å². The van der Waals surface area contributed by atoms with E-state index in [2.05, 4.69) is 5.92 Å². The molecule has 0 aliphatic rings. The van der Waals surface area contributed by atoms with Gasteiger partial charge in [0.1, 0.15) is 17.8 Å². The van der Waals surface area contributed by atoms with Crippen molar-refractivity contribution in [3.63, 3.8) is 0 Å². The highest BCUT2D eigenvalue weighted by Crippen LogP contribution is 2.27. The Hall–Kier alpha value is -1.58. The lowest BCUT2D eigenvalue weighted by Gasteiger charge is -2.04. The molecule has 0 spiro atoms. The van der Waals surface area contributed by atoms with Gasteiger partial charge in [0.05, 0.1) is 4.90 Å². The van der Waals surface area contributed by atoms with Crippen LogP contribution in [0.3, 0.4) is 0 Å². The average molecular weight is 189 g/mol. The van der Waals surface area contributed by atoms with Gasteiger partial charge in [-0.05, 0) is 23.9 Å². The molecule has 0 fully saturated rings. The first-order chi connectivity index (χ1) is 6.38. The van der Waals surface area contributed by atoms with Gasteiger partial charge in [0, 0.05) is 0 Å². The summed E-state index contributed by atoms with van der Waals surface area (Å²) in [6, 6.07) is 7.30. The lowest BCUT2D eigenvalue weighted by molar-refractivity contribution is 0.361. The molecule has 0 aliphatic carbocycles. The number of ether oxygens (including phenoxy) is 1. The lowest BCUT2D eigenvalue weighted by Crippen LogP contribution is -1.94. The Morgan fingerprint density at radius 1 is 1.46 bits per heavy atom. The van der Waals surface area contributed by atoms with Crippen molar-refractivity contribution in [2.45, 2.75) is 4.90 Å². The van der Waals surface area contributed by atoms with Crippen molar-refractivity contribution < 1.29 is 4.74 Å². The zero-order valence-electron chi connectivity index (χ0n) is 6.86. The molecule has 2 nitrogen and oxygen atoms in total. The summed E-state index contributed by atoms with van der Waals surface area (Å²) in [6.45, 7) is 0.225. The molecule has 3 heteroatoms. The summed E-state index contributed by atoms with van der Waals surface area (Å²) in [5.74, 6) is 3.03. The summed E-state index contributed by atoms with van der Waals surface area (Å²) >= 11 is 1.06. The normalized spacial score (nSPS) is 8.46. The first kappa shape index (κ1) is 9.51. The number of hydrogen-bond acceptors (Lipinski definition) is 3. The first-order valence-corrected chi connectivity index (χ1v) is 4.41. The van der Waals surface area contributed by atoms with Gasteiger partial charge < -0.3 is 4.74 Å². The third-order valence-electron chi connectivity index (χ3n) is 1.32. The van der Waals surface area contributed by atoms with E-state index in [0.29, 0.717) is 5.75 Å². The SMILES string of the molecule is C#CCOc1ccccc1SC#N. The number of rotatable bonds is 3. The number of thiocyanates is 1. The van der Waals surface area contributed by atoms with Gasteiger partial charge in [-0.1, -0.05) is 18.1 Å². The fourth-order valence-electron chi connectivity index (χ4n) is 0.822. The van der Waals surface area contributed by atoms with Crippen molar-refractivity contribution >= 4 is 11.8 Å². The minimum Gasteiger partial charge on any atom is -0.480 e. The van der Waals surface area contributed by atoms with Gasteiger partial charge >= 0.3 is 0 Å². The number of terminal acetylenes is 1. The van der Waals surface area contributed by atoms with Crippen molar-refractivity contribution in [1.29, 1.82) is 5.26 Å². The van der Waals surface area contributed by atoms with E-state index < -0.39 is 0 Å². The molecule has 0 bridgehead atoms. The van der Waals surface area contributed by atoms with Crippen LogP contribution in [0.2, 0.25) is 0 Å². The Morgan fingerprint density at radius 2 is 2.23 bits per heavy atom. The molecular weight excluding hydrogens is 182 g/mol. The fourth-order valence-corrected chi connectivity index (χ4v) is 1.29. The average Bonchev–Trinajstić information content (AvgIpc) is 2.17. The number of benzene rings is 1. The highest BCUT2D eigenvalue weighted by atomic mass is 32.2. The molecule has 0 aliphatic heterocycles. The minimum absolute atomic E-state index is 0.225. The lowest BCUT2D eigenvalue weighted by atomic mass is 10.3. The number of para-hydroxylation sites is 1. The molecule has 1 aromatic carbocycles. The zero-order valence-corrected chi connectivity index (χ0v) is 7.67. The van der Waals surface area contributed by atoms with Crippen LogP contribution in [0.4, 0.5) is 0 Å². The Labute approximate surface area is 81.5 Å². The Balaban J connectivity index is 2.80. The molecule has 0 saturated carbocycles. The highest BCUT2D eigenvalue weighted by molar-refractivity contribution is 8.03. The van der Waals surface area contributed by atoms with E-state index in [1.54, 1.807) is 6.07 Å². The second-order valence-electron chi connectivity index (χ2n) is 2.13. The van der Waals surface area contributed by atoms with Crippen molar-refractivity contribution in [2.75, 3.05) is 6.61 Å². The van der Waals surface area contributed by atoms with Crippen LogP contribution >= 0.6 is 11.8 Å². The molecule has 0 unspecified atom stereocenters. The maximum absolute atomic E-state index is 8.49. The van der Waals surface area contributed by atoms with Crippen LogP contribution in [0.5, 0.6) is 5.75 Å². The number of nitrogens with zero attached hydrogens (tertiary/aromatic N) is 1. The van der Waals surface area contributed by atoms with E-state index in [1.165, 1.54) is 0 Å². The van der Waals surface area contributed by atoms with Crippen molar-refractivity contribution in [2.24, 2.45) is 0 Å². The molecule has 0 radical (unpaired) electrons. The molecule has 1 rings (SSSR count). The van der Waals surface area contributed by atoms with E-state index >= 15 is 0 Å². The van der Waals surface area contributed by atoms with Crippen LogP contribution in [-0.2, 0) is 0 Å².